The summed E-state index contributed by atoms with van der Waals surface area (Å²) in [7, 11) is -3.83. The molecule has 1 N–H and O–H groups in total. The van der Waals surface area contributed by atoms with E-state index in [1.54, 1.807) is 32.0 Å². The predicted molar refractivity (Wildman–Crippen MR) is 115 cm³/mol. The number of hydrogen-bond acceptors (Lipinski definition) is 3. The van der Waals surface area contributed by atoms with Crippen LogP contribution in [0.2, 0.25) is 10.0 Å². The Morgan fingerprint density at radius 3 is 2.31 bits per heavy atom. The second-order valence-corrected chi connectivity index (χ2v) is 10.6. The Kier molecular flexibility index (Phi) is 6.58. The maximum absolute atomic E-state index is 13.4. The van der Waals surface area contributed by atoms with E-state index >= 15 is 0 Å². The number of nitrogens with zero attached hydrogens (tertiary/aromatic N) is 1. The Morgan fingerprint density at radius 1 is 1.10 bits per heavy atom. The highest BCUT2D eigenvalue weighted by Crippen LogP contribution is 2.48. The zero-order chi connectivity index (χ0) is 21.3. The van der Waals surface area contributed by atoms with E-state index in [-0.39, 0.29) is 18.4 Å². The van der Waals surface area contributed by atoms with Crippen molar-refractivity contribution in [3.63, 3.8) is 0 Å². The van der Waals surface area contributed by atoms with Gasteiger partial charge in [-0.05, 0) is 55.7 Å². The largest absolute Gasteiger partial charge is 0.481 e. The van der Waals surface area contributed by atoms with Gasteiger partial charge in [-0.1, -0.05) is 47.5 Å². The average Bonchev–Trinajstić information content (AvgIpc) is 2.62. The molecule has 1 saturated heterocycles. The Hall–Kier alpha value is -1.60. The van der Waals surface area contributed by atoms with Crippen molar-refractivity contribution in [1.29, 1.82) is 0 Å². The first-order chi connectivity index (χ1) is 13.6. The molecule has 1 heterocycles. The quantitative estimate of drug-likeness (QED) is 0.679. The molecule has 0 saturated carbocycles. The van der Waals surface area contributed by atoms with Crippen LogP contribution in [0.15, 0.2) is 48.5 Å². The van der Waals surface area contributed by atoms with Crippen LogP contribution >= 0.6 is 23.2 Å². The van der Waals surface area contributed by atoms with Crippen LogP contribution in [0, 0.1) is 0 Å². The van der Waals surface area contributed by atoms with E-state index in [0.717, 1.165) is 11.1 Å². The van der Waals surface area contributed by atoms with Gasteiger partial charge in [0, 0.05) is 22.0 Å². The maximum Gasteiger partial charge on any atom is 0.304 e. The number of carboxylic acids is 1. The fraction of sp³-hybridized carbons (Fsp3) is 0.381. The van der Waals surface area contributed by atoms with E-state index in [1.165, 1.54) is 4.31 Å². The molecule has 0 aromatic heterocycles. The smallest absolute Gasteiger partial charge is 0.304 e. The van der Waals surface area contributed by atoms with Crippen molar-refractivity contribution in [3.8, 4) is 0 Å². The van der Waals surface area contributed by atoms with Gasteiger partial charge in [0.25, 0.3) is 0 Å². The van der Waals surface area contributed by atoms with Crippen LogP contribution in [0.25, 0.3) is 0 Å². The predicted octanol–water partition coefficient (Wildman–Crippen LogP) is 5.11. The van der Waals surface area contributed by atoms with E-state index in [4.69, 9.17) is 23.2 Å². The summed E-state index contributed by atoms with van der Waals surface area (Å²) in [5.41, 5.74) is 1.69. The van der Waals surface area contributed by atoms with Crippen LogP contribution in [0.5, 0.6) is 0 Å². The number of benzene rings is 2. The van der Waals surface area contributed by atoms with Gasteiger partial charge in [0.15, 0.2) is 0 Å². The topological polar surface area (TPSA) is 74.7 Å². The van der Waals surface area contributed by atoms with Crippen molar-refractivity contribution in [2.24, 2.45) is 0 Å². The fourth-order valence-corrected chi connectivity index (χ4v) is 6.78. The zero-order valence-electron chi connectivity index (χ0n) is 16.1. The summed E-state index contributed by atoms with van der Waals surface area (Å²) >= 11 is 12.3. The first kappa shape index (κ1) is 22.1. The molecule has 3 rings (SSSR count). The van der Waals surface area contributed by atoms with Crippen LogP contribution in [0.1, 0.15) is 49.8 Å². The van der Waals surface area contributed by atoms with Gasteiger partial charge in [0.1, 0.15) is 0 Å². The highest BCUT2D eigenvalue weighted by atomic mass is 35.5. The minimum atomic E-state index is -3.83. The molecule has 29 heavy (non-hydrogen) atoms. The Labute approximate surface area is 181 Å². The van der Waals surface area contributed by atoms with Crippen molar-refractivity contribution in [2.45, 2.75) is 49.9 Å². The second kappa shape index (κ2) is 8.64. The lowest BCUT2D eigenvalue weighted by atomic mass is 9.82. The number of halogens is 2. The van der Waals surface area contributed by atoms with Gasteiger partial charge in [-0.2, -0.15) is 4.31 Å². The third-order valence-corrected chi connectivity index (χ3v) is 8.21. The molecule has 3 atom stereocenters. The number of carboxylic acid groups (broad SMARTS) is 1. The first-order valence-corrected chi connectivity index (χ1v) is 11.6. The zero-order valence-corrected chi connectivity index (χ0v) is 18.5. The number of sulfonamides is 1. The van der Waals surface area contributed by atoms with E-state index in [0.29, 0.717) is 10.0 Å². The summed E-state index contributed by atoms with van der Waals surface area (Å²) in [5, 5.41) is 9.43. The van der Waals surface area contributed by atoms with E-state index < -0.39 is 33.7 Å². The third-order valence-electron chi connectivity index (χ3n) is 5.29. The number of aliphatic carboxylic acids is 1. The molecule has 2 aromatic carbocycles. The molecular formula is C21H23Cl2NO4S. The fourth-order valence-electron chi connectivity index (χ4n) is 4.13. The van der Waals surface area contributed by atoms with Gasteiger partial charge in [0.2, 0.25) is 10.0 Å². The molecule has 5 nitrogen and oxygen atoms in total. The molecule has 0 aliphatic carbocycles. The lowest BCUT2D eigenvalue weighted by Crippen LogP contribution is -2.52. The summed E-state index contributed by atoms with van der Waals surface area (Å²) in [6.45, 7) is 3.61. The number of hydrogen-bond donors (Lipinski definition) is 1. The Balaban J connectivity index is 2.20. The molecule has 0 amide bonds. The van der Waals surface area contributed by atoms with Gasteiger partial charge in [-0.3, -0.25) is 4.79 Å². The molecule has 0 radical (unpaired) electrons. The highest BCUT2D eigenvalue weighted by Gasteiger charge is 2.49. The van der Waals surface area contributed by atoms with Gasteiger partial charge in [-0.25, -0.2) is 8.42 Å². The second-order valence-electron chi connectivity index (χ2n) is 7.58. The maximum atomic E-state index is 13.4. The minimum Gasteiger partial charge on any atom is -0.481 e. The Morgan fingerprint density at radius 2 is 1.76 bits per heavy atom. The van der Waals surface area contributed by atoms with E-state index in [2.05, 4.69) is 0 Å². The molecule has 0 spiro atoms. The molecule has 3 unspecified atom stereocenters. The molecule has 2 aromatic rings. The first-order valence-electron chi connectivity index (χ1n) is 9.36. The SMILES string of the molecule is CC(C)N1C(c2ccc(Cl)cc2)C(c2cccc(Cl)c2)CC(CC(=O)O)S1(=O)=O. The van der Waals surface area contributed by atoms with Crippen LogP contribution in [0.3, 0.4) is 0 Å². The summed E-state index contributed by atoms with van der Waals surface area (Å²) in [4.78, 5) is 11.4. The molecule has 1 fully saturated rings. The molecule has 156 valence electrons. The van der Waals surface area contributed by atoms with Crippen LogP contribution in [0.4, 0.5) is 0 Å². The van der Waals surface area contributed by atoms with Crippen molar-refractivity contribution < 1.29 is 18.3 Å². The summed E-state index contributed by atoms with van der Waals surface area (Å²) in [6, 6.07) is 13.6. The van der Waals surface area contributed by atoms with Crippen LogP contribution in [-0.4, -0.2) is 35.1 Å². The lowest BCUT2D eigenvalue weighted by molar-refractivity contribution is -0.137. The molecule has 0 bridgehead atoms. The van der Waals surface area contributed by atoms with Crippen molar-refractivity contribution in [3.05, 3.63) is 69.7 Å². The van der Waals surface area contributed by atoms with E-state index in [1.807, 2.05) is 30.3 Å². The monoisotopic (exact) mass is 455 g/mol. The summed E-state index contributed by atoms with van der Waals surface area (Å²) in [6.07, 6.45) is -0.235. The average molecular weight is 456 g/mol. The van der Waals surface area contributed by atoms with Crippen molar-refractivity contribution in [2.75, 3.05) is 0 Å². The van der Waals surface area contributed by atoms with E-state index in [9.17, 15) is 18.3 Å². The normalized spacial score (nSPS) is 24.5. The number of carbonyl (C=O) groups is 1. The van der Waals surface area contributed by atoms with Crippen molar-refractivity contribution in [1.82, 2.24) is 4.31 Å². The molecule has 1 aliphatic rings. The molecule has 8 heteroatoms. The summed E-state index contributed by atoms with van der Waals surface area (Å²) in [5.74, 6) is -1.37. The van der Waals surface area contributed by atoms with Gasteiger partial charge in [0.05, 0.1) is 17.7 Å². The third kappa shape index (κ3) is 4.61. The van der Waals surface area contributed by atoms with Gasteiger partial charge < -0.3 is 5.11 Å². The summed E-state index contributed by atoms with van der Waals surface area (Å²) < 4.78 is 28.2. The highest BCUT2D eigenvalue weighted by molar-refractivity contribution is 7.89. The van der Waals surface area contributed by atoms with Crippen molar-refractivity contribution >= 4 is 39.2 Å². The number of rotatable bonds is 5. The van der Waals surface area contributed by atoms with Crippen LogP contribution in [-0.2, 0) is 14.8 Å². The Bertz CT molecular complexity index is 992. The molecule has 1 aliphatic heterocycles. The van der Waals surface area contributed by atoms with Gasteiger partial charge >= 0.3 is 5.97 Å². The van der Waals surface area contributed by atoms with Crippen LogP contribution < -0.4 is 0 Å². The molecular weight excluding hydrogens is 433 g/mol. The standard InChI is InChI=1S/C21H23Cl2NO4S/c1-13(2)24-21(14-6-8-16(22)9-7-14)19(15-4-3-5-17(23)10-15)11-18(12-20(25)26)29(24,27)28/h3-10,13,18-19,21H,11-12H2,1-2H3,(H,25,26). The van der Waals surface area contributed by atoms with Gasteiger partial charge in [-0.15, -0.1) is 0 Å². The lowest BCUT2D eigenvalue weighted by Gasteiger charge is -2.46. The minimum absolute atomic E-state index is 0.200.